The molecule has 0 saturated heterocycles. The van der Waals surface area contributed by atoms with Crippen molar-refractivity contribution in [1.82, 2.24) is 9.38 Å². The Morgan fingerprint density at radius 3 is 2.63 bits per heavy atom. The average molecular weight is 424 g/mol. The van der Waals surface area contributed by atoms with Gasteiger partial charge in [-0.05, 0) is 38.5 Å². The molecule has 0 atom stereocenters. The molecule has 0 radical (unpaired) electrons. The van der Waals surface area contributed by atoms with Crippen molar-refractivity contribution in [3.8, 4) is 17.3 Å². The Bertz CT molecular complexity index is 803. The first kappa shape index (κ1) is 12.6. The van der Waals surface area contributed by atoms with Gasteiger partial charge in [0, 0.05) is 18.0 Å². The molecule has 5 heteroatoms. The topological polar surface area (TPSA) is 41.1 Å². The van der Waals surface area contributed by atoms with Crippen molar-refractivity contribution in [1.29, 1.82) is 5.26 Å². The predicted molar refractivity (Wildman–Crippen MR) is 85.8 cm³/mol. The zero-order valence-electron chi connectivity index (χ0n) is 9.64. The third-order valence-corrected chi connectivity index (χ3v) is 4.44. The van der Waals surface area contributed by atoms with Crippen molar-refractivity contribution in [3.05, 3.63) is 56.3 Å². The minimum absolute atomic E-state index is 0.623. The molecule has 0 fully saturated rings. The quantitative estimate of drug-likeness (QED) is 0.549. The SMILES string of the molecule is N#Cc1c(Br)cn2cc(-c3ccccc3)nc2c1I. The van der Waals surface area contributed by atoms with E-state index in [1.54, 1.807) is 0 Å². The van der Waals surface area contributed by atoms with Crippen molar-refractivity contribution in [2.24, 2.45) is 0 Å². The van der Waals surface area contributed by atoms with Gasteiger partial charge in [-0.3, -0.25) is 0 Å². The molecule has 0 N–H and O–H groups in total. The van der Waals surface area contributed by atoms with Gasteiger partial charge >= 0.3 is 0 Å². The van der Waals surface area contributed by atoms with Crippen LogP contribution < -0.4 is 0 Å². The second kappa shape index (κ2) is 4.94. The minimum Gasteiger partial charge on any atom is -0.304 e. The average Bonchev–Trinajstić information content (AvgIpc) is 2.84. The Labute approximate surface area is 132 Å². The van der Waals surface area contributed by atoms with E-state index in [0.717, 1.165) is 24.9 Å². The van der Waals surface area contributed by atoms with Crippen LogP contribution in [-0.4, -0.2) is 9.38 Å². The molecule has 2 heterocycles. The van der Waals surface area contributed by atoms with E-state index in [2.05, 4.69) is 49.6 Å². The summed E-state index contributed by atoms with van der Waals surface area (Å²) in [5, 5.41) is 9.16. The second-order valence-corrected chi connectivity index (χ2v) is 5.93. The van der Waals surface area contributed by atoms with Crippen LogP contribution in [0, 0.1) is 14.9 Å². The highest BCUT2D eigenvalue weighted by atomic mass is 127. The fourth-order valence-corrected chi connectivity index (χ4v) is 3.60. The number of benzene rings is 1. The van der Waals surface area contributed by atoms with Gasteiger partial charge in [0.25, 0.3) is 0 Å². The molecule has 0 amide bonds. The maximum Gasteiger partial charge on any atom is 0.152 e. The smallest absolute Gasteiger partial charge is 0.152 e. The Hall–Kier alpha value is -1.39. The largest absolute Gasteiger partial charge is 0.304 e. The van der Waals surface area contributed by atoms with E-state index in [9.17, 15) is 0 Å². The lowest BCUT2D eigenvalue weighted by molar-refractivity contribution is 1.16. The summed E-state index contributed by atoms with van der Waals surface area (Å²) >= 11 is 5.58. The predicted octanol–water partition coefficient (Wildman–Crippen LogP) is 4.24. The Morgan fingerprint density at radius 1 is 1.21 bits per heavy atom. The van der Waals surface area contributed by atoms with E-state index in [-0.39, 0.29) is 0 Å². The molecule has 0 bridgehead atoms. The van der Waals surface area contributed by atoms with Gasteiger partial charge in [-0.25, -0.2) is 4.98 Å². The van der Waals surface area contributed by atoms with Crippen LogP contribution in [-0.2, 0) is 0 Å². The summed E-state index contributed by atoms with van der Waals surface area (Å²) in [6, 6.07) is 12.2. The number of hydrogen-bond acceptors (Lipinski definition) is 2. The van der Waals surface area contributed by atoms with E-state index in [4.69, 9.17) is 5.26 Å². The summed E-state index contributed by atoms with van der Waals surface area (Å²) in [6.45, 7) is 0. The Balaban J connectivity index is 2.28. The first-order chi connectivity index (χ1) is 9.20. The molecule has 0 spiro atoms. The summed E-state index contributed by atoms with van der Waals surface area (Å²) in [6.07, 6.45) is 3.84. The van der Waals surface area contributed by atoms with Crippen LogP contribution in [0.2, 0.25) is 0 Å². The third-order valence-electron chi connectivity index (χ3n) is 2.82. The monoisotopic (exact) mass is 423 g/mol. The lowest BCUT2D eigenvalue weighted by Crippen LogP contribution is -1.92. The lowest BCUT2D eigenvalue weighted by atomic mass is 10.2. The Morgan fingerprint density at radius 2 is 1.95 bits per heavy atom. The molecule has 92 valence electrons. The number of halogens is 2. The van der Waals surface area contributed by atoms with E-state index in [1.807, 2.05) is 47.1 Å². The molecule has 3 rings (SSSR count). The van der Waals surface area contributed by atoms with Crippen LogP contribution >= 0.6 is 38.5 Å². The van der Waals surface area contributed by atoms with Crippen molar-refractivity contribution in [2.45, 2.75) is 0 Å². The van der Waals surface area contributed by atoms with Gasteiger partial charge < -0.3 is 4.40 Å². The highest BCUT2D eigenvalue weighted by Crippen LogP contribution is 2.27. The van der Waals surface area contributed by atoms with Gasteiger partial charge in [0.1, 0.15) is 6.07 Å². The van der Waals surface area contributed by atoms with Crippen molar-refractivity contribution in [2.75, 3.05) is 0 Å². The number of imidazole rings is 1. The standard InChI is InChI=1S/C14H7BrIN3/c15-11-7-19-8-12(9-4-2-1-3-5-9)18-14(19)13(16)10(11)6-17/h1-5,7-8H. The summed E-state index contributed by atoms with van der Waals surface area (Å²) in [7, 11) is 0. The zero-order valence-corrected chi connectivity index (χ0v) is 13.4. The summed E-state index contributed by atoms with van der Waals surface area (Å²) < 4.78 is 3.58. The zero-order chi connectivity index (χ0) is 13.4. The summed E-state index contributed by atoms with van der Waals surface area (Å²) in [5.41, 5.74) is 3.40. The number of nitriles is 1. The second-order valence-electron chi connectivity index (χ2n) is 4.00. The van der Waals surface area contributed by atoms with E-state index < -0.39 is 0 Å². The fraction of sp³-hybridized carbons (Fsp3) is 0. The molecule has 19 heavy (non-hydrogen) atoms. The van der Waals surface area contributed by atoms with Gasteiger partial charge in [-0.2, -0.15) is 5.26 Å². The summed E-state index contributed by atoms with van der Waals surface area (Å²) in [5.74, 6) is 0. The van der Waals surface area contributed by atoms with Gasteiger partial charge in [-0.15, -0.1) is 0 Å². The Kier molecular flexibility index (Phi) is 3.29. The van der Waals surface area contributed by atoms with Gasteiger partial charge in [0.15, 0.2) is 5.65 Å². The van der Waals surface area contributed by atoms with Crippen LogP contribution in [0.15, 0.2) is 47.2 Å². The molecule has 0 aliphatic heterocycles. The number of pyridine rings is 1. The van der Waals surface area contributed by atoms with Crippen LogP contribution in [0.1, 0.15) is 5.56 Å². The highest BCUT2D eigenvalue weighted by Gasteiger charge is 2.13. The van der Waals surface area contributed by atoms with Crippen LogP contribution in [0.25, 0.3) is 16.9 Å². The molecule has 3 aromatic rings. The minimum atomic E-state index is 0.623. The molecule has 0 unspecified atom stereocenters. The van der Waals surface area contributed by atoms with Gasteiger partial charge in [-0.1, -0.05) is 30.3 Å². The number of fused-ring (bicyclic) bond motifs is 1. The molecule has 3 nitrogen and oxygen atoms in total. The number of aromatic nitrogens is 2. The highest BCUT2D eigenvalue weighted by molar-refractivity contribution is 14.1. The van der Waals surface area contributed by atoms with E-state index >= 15 is 0 Å². The van der Waals surface area contributed by atoms with E-state index in [1.165, 1.54) is 0 Å². The third kappa shape index (κ3) is 2.15. The van der Waals surface area contributed by atoms with Gasteiger partial charge in [0.05, 0.1) is 19.3 Å². The molecular weight excluding hydrogens is 417 g/mol. The number of nitrogens with zero attached hydrogens (tertiary/aromatic N) is 3. The molecule has 1 aromatic carbocycles. The maximum atomic E-state index is 9.16. The fourth-order valence-electron chi connectivity index (χ4n) is 1.91. The molecule has 2 aromatic heterocycles. The van der Waals surface area contributed by atoms with Crippen LogP contribution in [0.4, 0.5) is 0 Å². The van der Waals surface area contributed by atoms with Crippen molar-refractivity contribution >= 4 is 44.2 Å². The van der Waals surface area contributed by atoms with E-state index in [0.29, 0.717) is 5.56 Å². The number of hydrogen-bond donors (Lipinski definition) is 0. The van der Waals surface area contributed by atoms with Crippen molar-refractivity contribution < 1.29 is 0 Å². The van der Waals surface area contributed by atoms with Crippen LogP contribution in [0.5, 0.6) is 0 Å². The first-order valence-corrected chi connectivity index (χ1v) is 7.40. The normalized spacial score (nSPS) is 10.6. The lowest BCUT2D eigenvalue weighted by Gasteiger charge is -2.01. The van der Waals surface area contributed by atoms with Gasteiger partial charge in [0.2, 0.25) is 0 Å². The molecule has 0 aliphatic carbocycles. The van der Waals surface area contributed by atoms with Crippen LogP contribution in [0.3, 0.4) is 0 Å². The molecule has 0 saturated carbocycles. The van der Waals surface area contributed by atoms with Crippen molar-refractivity contribution in [3.63, 3.8) is 0 Å². The first-order valence-electron chi connectivity index (χ1n) is 5.53. The summed E-state index contributed by atoms with van der Waals surface area (Å²) in [4.78, 5) is 4.62. The maximum absolute atomic E-state index is 9.16. The number of rotatable bonds is 1. The molecule has 0 aliphatic rings. The molecular formula is C14H7BrIN3.